The van der Waals surface area contributed by atoms with Crippen molar-refractivity contribution in [2.75, 3.05) is 18.6 Å². The van der Waals surface area contributed by atoms with Gasteiger partial charge in [0.15, 0.2) is 9.84 Å². The summed E-state index contributed by atoms with van der Waals surface area (Å²) in [5, 5.41) is 0. The summed E-state index contributed by atoms with van der Waals surface area (Å²) in [5.74, 6) is -0.485. The lowest BCUT2D eigenvalue weighted by Crippen LogP contribution is -2.38. The van der Waals surface area contributed by atoms with Crippen LogP contribution in [-0.4, -0.2) is 48.4 Å². The van der Waals surface area contributed by atoms with Crippen LogP contribution in [0.1, 0.15) is 28.2 Å². The molecule has 1 unspecified atom stereocenters. The minimum atomic E-state index is -3.07. The molecule has 0 spiro atoms. The van der Waals surface area contributed by atoms with Crippen LogP contribution < -0.4 is 0 Å². The normalized spacial score (nSPS) is 19.1. The standard InChI is InChI=1S/C18H21FN2O3S/c1-12-10-15(13(2)21(12)17-7-5-4-6-16(17)19)18(22)20(3)14-8-9-25(23,24)11-14/h4-7,10,14H,8-9,11H2,1-3H3. The Morgan fingerprint density at radius 1 is 1.28 bits per heavy atom. The van der Waals surface area contributed by atoms with Crippen LogP contribution in [0.25, 0.3) is 5.69 Å². The average molecular weight is 364 g/mol. The summed E-state index contributed by atoms with van der Waals surface area (Å²) in [4.78, 5) is 14.4. The molecule has 1 fully saturated rings. The molecule has 1 saturated heterocycles. The zero-order valence-corrected chi connectivity index (χ0v) is 15.3. The van der Waals surface area contributed by atoms with Gasteiger partial charge in [0.25, 0.3) is 5.91 Å². The molecule has 2 heterocycles. The van der Waals surface area contributed by atoms with Gasteiger partial charge in [-0.3, -0.25) is 4.79 Å². The van der Waals surface area contributed by atoms with Crippen LogP contribution in [0.4, 0.5) is 4.39 Å². The molecule has 3 rings (SSSR count). The van der Waals surface area contributed by atoms with E-state index in [1.54, 1.807) is 42.8 Å². The molecule has 0 N–H and O–H groups in total. The molecule has 0 saturated carbocycles. The second-order valence-electron chi connectivity index (χ2n) is 6.54. The van der Waals surface area contributed by atoms with Gasteiger partial charge in [0.05, 0.1) is 22.8 Å². The fraction of sp³-hybridized carbons (Fsp3) is 0.389. The number of halogens is 1. The van der Waals surface area contributed by atoms with E-state index in [0.29, 0.717) is 23.4 Å². The first kappa shape index (κ1) is 17.7. The largest absolute Gasteiger partial charge is 0.338 e. The van der Waals surface area contributed by atoms with Gasteiger partial charge in [-0.15, -0.1) is 0 Å². The van der Waals surface area contributed by atoms with Gasteiger partial charge < -0.3 is 9.47 Å². The van der Waals surface area contributed by atoms with Crippen LogP contribution in [0.2, 0.25) is 0 Å². The van der Waals surface area contributed by atoms with E-state index in [1.165, 1.54) is 11.0 Å². The maximum absolute atomic E-state index is 14.2. The molecule has 5 nitrogen and oxygen atoms in total. The van der Waals surface area contributed by atoms with Gasteiger partial charge in [-0.05, 0) is 38.5 Å². The van der Waals surface area contributed by atoms with Crippen molar-refractivity contribution in [2.24, 2.45) is 0 Å². The van der Waals surface area contributed by atoms with E-state index in [-0.39, 0.29) is 29.3 Å². The number of carbonyl (C=O) groups is 1. The zero-order valence-electron chi connectivity index (χ0n) is 14.5. The Kier molecular flexibility index (Phi) is 4.45. The fourth-order valence-electron chi connectivity index (χ4n) is 3.42. The number of nitrogens with zero attached hydrogens (tertiary/aromatic N) is 2. The fourth-order valence-corrected chi connectivity index (χ4v) is 5.19. The smallest absolute Gasteiger partial charge is 0.255 e. The second kappa shape index (κ2) is 6.29. The Hall–Kier alpha value is -2.15. The van der Waals surface area contributed by atoms with E-state index in [4.69, 9.17) is 0 Å². The highest BCUT2D eigenvalue weighted by molar-refractivity contribution is 7.91. The average Bonchev–Trinajstić information content (AvgIpc) is 3.06. The Labute approximate surface area is 147 Å². The first-order valence-corrected chi connectivity index (χ1v) is 9.95. The topological polar surface area (TPSA) is 59.4 Å². The minimum Gasteiger partial charge on any atom is -0.338 e. The number of aromatic nitrogens is 1. The molecule has 25 heavy (non-hydrogen) atoms. The van der Waals surface area contributed by atoms with Crippen molar-refractivity contribution in [3.8, 4) is 5.69 Å². The molecule has 0 aliphatic carbocycles. The van der Waals surface area contributed by atoms with Crippen molar-refractivity contribution in [1.29, 1.82) is 0 Å². The second-order valence-corrected chi connectivity index (χ2v) is 8.77. The lowest BCUT2D eigenvalue weighted by atomic mass is 10.1. The molecule has 1 aromatic heterocycles. The number of hydrogen-bond donors (Lipinski definition) is 0. The van der Waals surface area contributed by atoms with Crippen LogP contribution in [0.15, 0.2) is 30.3 Å². The first-order chi connectivity index (χ1) is 11.7. The third-order valence-electron chi connectivity index (χ3n) is 4.83. The molecule has 1 amide bonds. The maximum atomic E-state index is 14.2. The van der Waals surface area contributed by atoms with Gasteiger partial charge >= 0.3 is 0 Å². The van der Waals surface area contributed by atoms with Crippen LogP contribution in [-0.2, 0) is 9.84 Å². The summed E-state index contributed by atoms with van der Waals surface area (Å²) >= 11 is 0. The highest BCUT2D eigenvalue weighted by atomic mass is 32.2. The predicted octanol–water partition coefficient (Wildman–Crippen LogP) is 2.49. The highest BCUT2D eigenvalue weighted by Crippen LogP contribution is 2.25. The molecule has 2 aromatic rings. The summed E-state index contributed by atoms with van der Waals surface area (Å²) in [6.07, 6.45) is 0.455. The van der Waals surface area contributed by atoms with Crippen molar-refractivity contribution in [3.05, 3.63) is 53.1 Å². The Morgan fingerprint density at radius 3 is 2.56 bits per heavy atom. The minimum absolute atomic E-state index is 0.00128. The van der Waals surface area contributed by atoms with Crippen LogP contribution in [0.5, 0.6) is 0 Å². The lowest BCUT2D eigenvalue weighted by Gasteiger charge is -2.23. The lowest BCUT2D eigenvalue weighted by molar-refractivity contribution is 0.0747. The van der Waals surface area contributed by atoms with Gasteiger partial charge in [0, 0.05) is 24.5 Å². The zero-order chi connectivity index (χ0) is 18.4. The molecule has 1 aliphatic rings. The Bertz CT molecular complexity index is 934. The number of benzene rings is 1. The van der Waals surface area contributed by atoms with E-state index >= 15 is 0 Å². The van der Waals surface area contributed by atoms with Crippen molar-refractivity contribution in [2.45, 2.75) is 26.3 Å². The summed E-state index contributed by atoms with van der Waals surface area (Å²) in [6, 6.07) is 7.82. The quantitative estimate of drug-likeness (QED) is 0.841. The van der Waals surface area contributed by atoms with Gasteiger partial charge in [0.2, 0.25) is 0 Å². The summed E-state index contributed by atoms with van der Waals surface area (Å²) in [5.41, 5.74) is 2.24. The van der Waals surface area contributed by atoms with Crippen molar-refractivity contribution in [1.82, 2.24) is 9.47 Å². The molecule has 7 heteroatoms. The summed E-state index contributed by atoms with van der Waals surface area (Å²) in [7, 11) is -1.44. The molecule has 1 aromatic carbocycles. The number of hydrogen-bond acceptors (Lipinski definition) is 3. The molecular formula is C18H21FN2O3S. The maximum Gasteiger partial charge on any atom is 0.255 e. The van der Waals surface area contributed by atoms with E-state index < -0.39 is 9.84 Å². The van der Waals surface area contributed by atoms with Gasteiger partial charge in [-0.25, -0.2) is 12.8 Å². The molecule has 0 radical (unpaired) electrons. The van der Waals surface area contributed by atoms with Gasteiger partial charge in [-0.1, -0.05) is 12.1 Å². The monoisotopic (exact) mass is 364 g/mol. The molecule has 0 bridgehead atoms. The number of amides is 1. The van der Waals surface area contributed by atoms with Crippen LogP contribution in [0, 0.1) is 19.7 Å². The molecule has 1 aliphatic heterocycles. The highest BCUT2D eigenvalue weighted by Gasteiger charge is 2.34. The Balaban J connectivity index is 1.95. The van der Waals surface area contributed by atoms with E-state index in [2.05, 4.69) is 0 Å². The number of aryl methyl sites for hydroxylation is 1. The number of carbonyl (C=O) groups excluding carboxylic acids is 1. The van der Waals surface area contributed by atoms with E-state index in [9.17, 15) is 17.6 Å². The summed E-state index contributed by atoms with van der Waals surface area (Å²) < 4.78 is 39.2. The van der Waals surface area contributed by atoms with E-state index in [1.807, 2.05) is 6.92 Å². The van der Waals surface area contributed by atoms with Crippen LogP contribution >= 0.6 is 0 Å². The summed E-state index contributed by atoms with van der Waals surface area (Å²) in [6.45, 7) is 3.59. The SMILES string of the molecule is Cc1cc(C(=O)N(C)C2CCS(=O)(=O)C2)c(C)n1-c1ccccc1F. The van der Waals surface area contributed by atoms with Gasteiger partial charge in [-0.2, -0.15) is 0 Å². The number of para-hydroxylation sites is 1. The van der Waals surface area contributed by atoms with Crippen molar-refractivity contribution < 1.29 is 17.6 Å². The van der Waals surface area contributed by atoms with E-state index in [0.717, 1.165) is 5.69 Å². The molecular weight excluding hydrogens is 343 g/mol. The third-order valence-corrected chi connectivity index (χ3v) is 6.58. The van der Waals surface area contributed by atoms with Crippen molar-refractivity contribution in [3.63, 3.8) is 0 Å². The van der Waals surface area contributed by atoms with Crippen molar-refractivity contribution >= 4 is 15.7 Å². The molecule has 1 atom stereocenters. The Morgan fingerprint density at radius 2 is 1.96 bits per heavy atom. The number of rotatable bonds is 3. The predicted molar refractivity (Wildman–Crippen MR) is 94.4 cm³/mol. The van der Waals surface area contributed by atoms with Crippen LogP contribution in [0.3, 0.4) is 0 Å². The molecule has 134 valence electrons. The van der Waals surface area contributed by atoms with Gasteiger partial charge in [0.1, 0.15) is 5.82 Å². The number of sulfone groups is 1. The first-order valence-electron chi connectivity index (χ1n) is 8.12. The third kappa shape index (κ3) is 3.20.